The topological polar surface area (TPSA) is 66.4 Å². The molecule has 1 aliphatic rings. The number of thioether (sulfide) groups is 1. The molecule has 2 unspecified atom stereocenters. The average molecular weight is 307 g/mol. The van der Waals surface area contributed by atoms with Crippen molar-refractivity contribution in [1.82, 2.24) is 5.32 Å². The van der Waals surface area contributed by atoms with Crippen LogP contribution in [0.1, 0.15) is 53.3 Å². The number of aromatic carboxylic acids is 1. The Bertz CT molecular complexity index is 499. The second kappa shape index (κ2) is 7.50. The molecule has 0 heterocycles. The summed E-state index contributed by atoms with van der Waals surface area (Å²) in [5, 5.41) is 12.6. The van der Waals surface area contributed by atoms with Crippen LogP contribution in [0.2, 0.25) is 0 Å². The lowest BCUT2D eigenvalue weighted by Crippen LogP contribution is -2.39. The van der Waals surface area contributed by atoms with Crippen LogP contribution in [0.25, 0.3) is 0 Å². The summed E-state index contributed by atoms with van der Waals surface area (Å²) in [5.41, 5.74) is 0.717. The molecule has 0 spiro atoms. The van der Waals surface area contributed by atoms with Gasteiger partial charge in [-0.25, -0.2) is 4.79 Å². The quantitative estimate of drug-likeness (QED) is 0.877. The highest BCUT2D eigenvalue weighted by Crippen LogP contribution is 2.28. The first-order valence-electron chi connectivity index (χ1n) is 7.36. The van der Waals surface area contributed by atoms with E-state index in [2.05, 4.69) is 12.2 Å². The summed E-state index contributed by atoms with van der Waals surface area (Å²) in [6, 6.07) is 6.30. The molecule has 2 N–H and O–H groups in total. The lowest BCUT2D eigenvalue weighted by molar-refractivity contribution is 0.0696. The smallest absolute Gasteiger partial charge is 0.335 e. The van der Waals surface area contributed by atoms with E-state index in [1.165, 1.54) is 18.6 Å². The van der Waals surface area contributed by atoms with Gasteiger partial charge < -0.3 is 10.4 Å². The molecule has 21 heavy (non-hydrogen) atoms. The van der Waals surface area contributed by atoms with Crippen LogP contribution in [0.3, 0.4) is 0 Å². The van der Waals surface area contributed by atoms with Crippen LogP contribution >= 0.6 is 11.8 Å². The van der Waals surface area contributed by atoms with Gasteiger partial charge >= 0.3 is 5.97 Å². The number of benzene rings is 1. The van der Waals surface area contributed by atoms with Gasteiger partial charge in [0, 0.05) is 16.9 Å². The highest BCUT2D eigenvalue weighted by Gasteiger charge is 2.23. The van der Waals surface area contributed by atoms with Gasteiger partial charge in [-0.15, -0.1) is 0 Å². The van der Waals surface area contributed by atoms with Gasteiger partial charge in [-0.05, 0) is 49.3 Å². The van der Waals surface area contributed by atoms with Crippen LogP contribution < -0.4 is 5.32 Å². The van der Waals surface area contributed by atoms with E-state index in [-0.39, 0.29) is 17.5 Å². The summed E-state index contributed by atoms with van der Waals surface area (Å²) in [4.78, 5) is 23.0. The number of amides is 1. The highest BCUT2D eigenvalue weighted by atomic mass is 32.2. The van der Waals surface area contributed by atoms with Crippen LogP contribution in [0.15, 0.2) is 24.3 Å². The maximum absolute atomic E-state index is 12.2. The molecule has 1 amide bonds. The molecule has 1 aromatic rings. The molecule has 1 aliphatic carbocycles. The van der Waals surface area contributed by atoms with Gasteiger partial charge in [0.2, 0.25) is 0 Å². The number of hydrogen-bond donors (Lipinski definition) is 2. The fourth-order valence-corrected chi connectivity index (χ4v) is 3.87. The van der Waals surface area contributed by atoms with Gasteiger partial charge in [-0.3, -0.25) is 4.79 Å². The third-order valence-electron chi connectivity index (χ3n) is 3.76. The molecule has 4 nitrogen and oxygen atoms in total. The molecule has 2 rings (SSSR count). The maximum Gasteiger partial charge on any atom is 0.335 e. The first-order valence-corrected chi connectivity index (χ1v) is 8.41. The zero-order chi connectivity index (χ0) is 15.2. The molecule has 114 valence electrons. The van der Waals surface area contributed by atoms with Gasteiger partial charge in [0.05, 0.1) is 5.56 Å². The summed E-state index contributed by atoms with van der Waals surface area (Å²) in [6.45, 7) is 2.16. The Kier molecular flexibility index (Phi) is 5.67. The molecule has 0 bridgehead atoms. The number of carbonyl (C=O) groups is 2. The van der Waals surface area contributed by atoms with Gasteiger partial charge in [0.1, 0.15) is 0 Å². The summed E-state index contributed by atoms with van der Waals surface area (Å²) in [7, 11) is 0. The van der Waals surface area contributed by atoms with Gasteiger partial charge in [-0.2, -0.15) is 11.8 Å². The fraction of sp³-hybridized carbons (Fsp3) is 0.500. The van der Waals surface area contributed by atoms with Crippen molar-refractivity contribution in [2.45, 2.75) is 43.9 Å². The van der Waals surface area contributed by atoms with Crippen LogP contribution in [0, 0.1) is 0 Å². The Labute approximate surface area is 129 Å². The van der Waals surface area contributed by atoms with Crippen molar-refractivity contribution >= 4 is 23.6 Å². The molecular weight excluding hydrogens is 286 g/mol. The zero-order valence-electron chi connectivity index (χ0n) is 12.2. The standard InChI is InChI=1S/C16H21NO3S/c1-2-21-14-5-3-4-13(10-14)17-15(18)11-6-8-12(9-7-11)16(19)20/h6-9,13-14H,2-5,10H2,1H3,(H,17,18)(H,19,20). The normalized spacial score (nSPS) is 21.8. The molecule has 5 heteroatoms. The minimum atomic E-state index is -0.978. The molecule has 0 radical (unpaired) electrons. The van der Waals surface area contributed by atoms with Gasteiger partial charge in [0.25, 0.3) is 5.91 Å². The third kappa shape index (κ3) is 4.49. The Balaban J connectivity index is 1.92. The summed E-state index contributed by atoms with van der Waals surface area (Å²) >= 11 is 1.97. The second-order valence-corrected chi connectivity index (χ2v) is 6.87. The van der Waals surface area contributed by atoms with E-state index in [4.69, 9.17) is 5.11 Å². The Hall–Kier alpha value is -1.49. The van der Waals surface area contributed by atoms with Crippen LogP contribution in [0.5, 0.6) is 0 Å². The minimum Gasteiger partial charge on any atom is -0.478 e. The number of rotatable bonds is 5. The third-order valence-corrected chi connectivity index (χ3v) is 4.99. The average Bonchev–Trinajstić information content (AvgIpc) is 2.48. The summed E-state index contributed by atoms with van der Waals surface area (Å²) < 4.78 is 0. The van der Waals surface area contributed by atoms with E-state index >= 15 is 0 Å². The van der Waals surface area contributed by atoms with Crippen molar-refractivity contribution in [2.75, 3.05) is 5.75 Å². The zero-order valence-corrected chi connectivity index (χ0v) is 13.0. The van der Waals surface area contributed by atoms with Crippen molar-refractivity contribution < 1.29 is 14.7 Å². The predicted octanol–water partition coefficient (Wildman–Crippen LogP) is 3.18. The van der Waals surface area contributed by atoms with Crippen molar-refractivity contribution in [1.29, 1.82) is 0 Å². The number of carboxylic acids is 1. The van der Waals surface area contributed by atoms with E-state index < -0.39 is 5.97 Å². The van der Waals surface area contributed by atoms with Crippen molar-refractivity contribution in [3.8, 4) is 0 Å². The lowest BCUT2D eigenvalue weighted by atomic mass is 9.94. The van der Waals surface area contributed by atoms with E-state index in [1.807, 2.05) is 11.8 Å². The highest BCUT2D eigenvalue weighted by molar-refractivity contribution is 7.99. The van der Waals surface area contributed by atoms with Crippen LogP contribution in [0.4, 0.5) is 0 Å². The lowest BCUT2D eigenvalue weighted by Gasteiger charge is -2.29. The van der Waals surface area contributed by atoms with Gasteiger partial charge in [-0.1, -0.05) is 13.3 Å². The molecule has 0 aromatic heterocycles. The first kappa shape index (κ1) is 15.9. The summed E-state index contributed by atoms with van der Waals surface area (Å²) in [5.74, 6) is 0.0230. The Morgan fingerprint density at radius 3 is 2.52 bits per heavy atom. The van der Waals surface area contributed by atoms with Crippen molar-refractivity contribution in [2.24, 2.45) is 0 Å². The monoisotopic (exact) mass is 307 g/mol. The molecule has 2 atom stereocenters. The van der Waals surface area contributed by atoms with Crippen molar-refractivity contribution in [3.05, 3.63) is 35.4 Å². The largest absolute Gasteiger partial charge is 0.478 e. The second-order valence-electron chi connectivity index (χ2n) is 5.30. The van der Waals surface area contributed by atoms with E-state index in [0.29, 0.717) is 10.8 Å². The number of hydrogen-bond acceptors (Lipinski definition) is 3. The number of nitrogens with one attached hydrogen (secondary N) is 1. The van der Waals surface area contributed by atoms with Crippen LogP contribution in [-0.2, 0) is 0 Å². The SMILES string of the molecule is CCSC1CCCC(NC(=O)c2ccc(C(=O)O)cc2)C1. The number of carboxylic acid groups (broad SMARTS) is 1. The van der Waals surface area contributed by atoms with E-state index in [1.54, 1.807) is 12.1 Å². The van der Waals surface area contributed by atoms with E-state index in [0.717, 1.165) is 25.0 Å². The number of carbonyl (C=O) groups excluding carboxylic acids is 1. The fourth-order valence-electron chi connectivity index (χ4n) is 2.70. The molecule has 0 aliphatic heterocycles. The molecule has 1 aromatic carbocycles. The predicted molar refractivity (Wildman–Crippen MR) is 85.0 cm³/mol. The summed E-state index contributed by atoms with van der Waals surface area (Å²) in [6.07, 6.45) is 4.44. The molecule has 1 fully saturated rings. The molecular formula is C16H21NO3S. The Morgan fingerprint density at radius 2 is 1.90 bits per heavy atom. The minimum absolute atomic E-state index is 0.112. The van der Waals surface area contributed by atoms with Gasteiger partial charge in [0.15, 0.2) is 0 Å². The van der Waals surface area contributed by atoms with Crippen LogP contribution in [-0.4, -0.2) is 34.0 Å². The van der Waals surface area contributed by atoms with Crippen molar-refractivity contribution in [3.63, 3.8) is 0 Å². The Morgan fingerprint density at radius 1 is 1.24 bits per heavy atom. The first-order chi connectivity index (χ1) is 10.1. The maximum atomic E-state index is 12.2. The molecule has 0 saturated heterocycles. The molecule has 1 saturated carbocycles. The van der Waals surface area contributed by atoms with E-state index in [9.17, 15) is 9.59 Å².